The molecule has 0 amide bonds. The van der Waals surface area contributed by atoms with E-state index in [9.17, 15) is 8.42 Å². The zero-order valence-electron chi connectivity index (χ0n) is 14.3. The van der Waals surface area contributed by atoms with Gasteiger partial charge in [0, 0.05) is 57.4 Å². The van der Waals surface area contributed by atoms with Crippen molar-refractivity contribution in [3.63, 3.8) is 0 Å². The van der Waals surface area contributed by atoms with Gasteiger partial charge in [-0.1, -0.05) is 6.07 Å². The van der Waals surface area contributed by atoms with Gasteiger partial charge in [0.1, 0.15) is 5.82 Å². The van der Waals surface area contributed by atoms with Crippen LogP contribution in [0.15, 0.2) is 36.8 Å². The van der Waals surface area contributed by atoms with Gasteiger partial charge in [0.05, 0.1) is 23.7 Å². The van der Waals surface area contributed by atoms with Crippen molar-refractivity contribution in [1.82, 2.24) is 24.3 Å². The van der Waals surface area contributed by atoms with Crippen LogP contribution in [0.5, 0.6) is 0 Å². The fourth-order valence-corrected chi connectivity index (χ4v) is 5.96. The number of hydrogen-bond acceptors (Lipinski definition) is 6. The Labute approximate surface area is 148 Å². The van der Waals surface area contributed by atoms with E-state index in [4.69, 9.17) is 0 Å². The van der Waals surface area contributed by atoms with E-state index in [-0.39, 0.29) is 23.6 Å². The highest BCUT2D eigenvalue weighted by molar-refractivity contribution is 7.91. The third kappa shape index (κ3) is 3.47. The number of sulfone groups is 1. The number of piperazine rings is 1. The van der Waals surface area contributed by atoms with Crippen LogP contribution >= 0.6 is 0 Å². The quantitative estimate of drug-likeness (QED) is 0.780. The number of nitrogens with zero attached hydrogens (tertiary/aromatic N) is 5. The maximum atomic E-state index is 12.3. The van der Waals surface area contributed by atoms with Gasteiger partial charge in [0.2, 0.25) is 0 Å². The van der Waals surface area contributed by atoms with E-state index in [0.29, 0.717) is 13.1 Å². The largest absolute Gasteiger partial charge is 0.337 e. The van der Waals surface area contributed by atoms with Gasteiger partial charge in [-0.3, -0.25) is 14.8 Å². The first kappa shape index (κ1) is 16.7. The van der Waals surface area contributed by atoms with E-state index in [2.05, 4.69) is 19.8 Å². The molecule has 0 N–H and O–H groups in total. The maximum Gasteiger partial charge on any atom is 0.153 e. The molecule has 8 heteroatoms. The summed E-state index contributed by atoms with van der Waals surface area (Å²) in [5, 5.41) is 0. The molecule has 2 aliphatic rings. The minimum absolute atomic E-state index is 0.0270. The number of hydrogen-bond donors (Lipinski definition) is 0. The third-order valence-corrected chi connectivity index (χ3v) is 6.96. The van der Waals surface area contributed by atoms with Gasteiger partial charge in [0.25, 0.3) is 0 Å². The Morgan fingerprint density at radius 2 is 1.76 bits per heavy atom. The molecular formula is C17H23N5O2S. The SMILES string of the molecule is Cn1ccnc1CN1CCN(Cc2ccccn2)[C@@H]2CS(=O)(=O)C[C@@H]21. The summed E-state index contributed by atoms with van der Waals surface area (Å²) in [4.78, 5) is 13.4. The highest BCUT2D eigenvalue weighted by atomic mass is 32.2. The molecule has 2 aliphatic heterocycles. The van der Waals surface area contributed by atoms with Crippen molar-refractivity contribution >= 4 is 9.84 Å². The number of rotatable bonds is 4. The van der Waals surface area contributed by atoms with E-state index in [1.165, 1.54) is 0 Å². The van der Waals surface area contributed by atoms with Crippen molar-refractivity contribution in [1.29, 1.82) is 0 Å². The molecule has 2 aromatic rings. The fourth-order valence-electron chi connectivity index (χ4n) is 3.92. The van der Waals surface area contributed by atoms with Gasteiger partial charge in [-0.05, 0) is 12.1 Å². The lowest BCUT2D eigenvalue weighted by Gasteiger charge is -2.43. The van der Waals surface area contributed by atoms with Crippen LogP contribution in [0.4, 0.5) is 0 Å². The molecule has 7 nitrogen and oxygen atoms in total. The average Bonchev–Trinajstić information content (AvgIpc) is 3.13. The first-order valence-corrected chi connectivity index (χ1v) is 10.4. The molecule has 0 spiro atoms. The molecule has 0 saturated carbocycles. The van der Waals surface area contributed by atoms with Gasteiger partial charge < -0.3 is 4.57 Å². The van der Waals surface area contributed by atoms with Gasteiger partial charge in [0.15, 0.2) is 9.84 Å². The van der Waals surface area contributed by atoms with Crippen molar-refractivity contribution in [3.05, 3.63) is 48.3 Å². The molecule has 4 heterocycles. The van der Waals surface area contributed by atoms with Crippen molar-refractivity contribution in [2.45, 2.75) is 25.2 Å². The van der Waals surface area contributed by atoms with Crippen LogP contribution in [0.2, 0.25) is 0 Å². The Bertz CT molecular complexity index is 836. The van der Waals surface area contributed by atoms with Crippen LogP contribution in [0.1, 0.15) is 11.5 Å². The van der Waals surface area contributed by atoms with Crippen LogP contribution in [0.25, 0.3) is 0 Å². The van der Waals surface area contributed by atoms with Gasteiger partial charge in [-0.25, -0.2) is 13.4 Å². The molecule has 0 radical (unpaired) electrons. The molecular weight excluding hydrogens is 338 g/mol. The summed E-state index contributed by atoms with van der Waals surface area (Å²) in [7, 11) is -1.03. The van der Waals surface area contributed by atoms with Crippen LogP contribution < -0.4 is 0 Å². The van der Waals surface area contributed by atoms with Gasteiger partial charge in [-0.2, -0.15) is 0 Å². The summed E-state index contributed by atoms with van der Waals surface area (Å²) in [6, 6.07) is 5.93. The molecule has 0 aliphatic carbocycles. The van der Waals surface area contributed by atoms with E-state index in [0.717, 1.165) is 24.6 Å². The van der Waals surface area contributed by atoms with E-state index < -0.39 is 9.84 Å². The summed E-state index contributed by atoms with van der Waals surface area (Å²) in [6.07, 6.45) is 5.50. The van der Waals surface area contributed by atoms with E-state index in [1.807, 2.05) is 36.0 Å². The standard InChI is InChI=1S/C17H23N5O2S/c1-20-7-6-19-17(20)11-22-9-8-21(10-14-4-2-3-5-18-14)15-12-25(23,24)13-16(15)22/h2-7,15-16H,8-13H2,1H3/t15-,16+/m1/s1. The predicted molar refractivity (Wildman–Crippen MR) is 94.5 cm³/mol. The highest BCUT2D eigenvalue weighted by Crippen LogP contribution is 2.28. The third-order valence-electron chi connectivity index (χ3n) is 5.26. The van der Waals surface area contributed by atoms with Crippen molar-refractivity contribution in [2.24, 2.45) is 7.05 Å². The van der Waals surface area contributed by atoms with Gasteiger partial charge in [-0.15, -0.1) is 0 Å². The summed E-state index contributed by atoms with van der Waals surface area (Å²) >= 11 is 0. The average molecular weight is 361 g/mol. The van der Waals surface area contributed by atoms with Crippen LogP contribution in [-0.2, 0) is 30.0 Å². The minimum Gasteiger partial charge on any atom is -0.337 e. The number of aryl methyl sites for hydroxylation is 1. The molecule has 2 saturated heterocycles. The van der Waals surface area contributed by atoms with Gasteiger partial charge >= 0.3 is 0 Å². The molecule has 134 valence electrons. The predicted octanol–water partition coefficient (Wildman–Crippen LogP) is 0.299. The molecule has 0 bridgehead atoms. The van der Waals surface area contributed by atoms with Crippen LogP contribution in [0.3, 0.4) is 0 Å². The molecule has 25 heavy (non-hydrogen) atoms. The Morgan fingerprint density at radius 1 is 1.04 bits per heavy atom. The molecule has 2 aromatic heterocycles. The van der Waals surface area contributed by atoms with Crippen LogP contribution in [0, 0.1) is 0 Å². The number of imidazole rings is 1. The second kappa shape index (κ2) is 6.51. The monoisotopic (exact) mass is 361 g/mol. The summed E-state index contributed by atoms with van der Waals surface area (Å²) in [5.41, 5.74) is 0.989. The van der Waals surface area contributed by atoms with Crippen molar-refractivity contribution in [3.8, 4) is 0 Å². The lowest BCUT2D eigenvalue weighted by atomic mass is 10.0. The first-order valence-electron chi connectivity index (χ1n) is 8.56. The second-order valence-corrected chi connectivity index (χ2v) is 9.08. The Kier molecular flexibility index (Phi) is 4.35. The topological polar surface area (TPSA) is 71.3 Å². The first-order chi connectivity index (χ1) is 12.0. The number of aromatic nitrogens is 3. The minimum atomic E-state index is -3.01. The van der Waals surface area contributed by atoms with E-state index in [1.54, 1.807) is 12.4 Å². The Balaban J connectivity index is 1.54. The molecule has 0 aromatic carbocycles. The molecule has 2 atom stereocenters. The number of pyridine rings is 1. The normalized spacial score (nSPS) is 26.6. The lowest BCUT2D eigenvalue weighted by molar-refractivity contribution is 0.0328. The molecule has 0 unspecified atom stereocenters. The maximum absolute atomic E-state index is 12.3. The smallest absolute Gasteiger partial charge is 0.153 e. The molecule has 4 rings (SSSR count). The summed E-state index contributed by atoms with van der Waals surface area (Å²) in [5.74, 6) is 1.45. The van der Waals surface area contributed by atoms with E-state index >= 15 is 0 Å². The fraction of sp³-hybridized carbons (Fsp3) is 0.529. The van der Waals surface area contributed by atoms with Crippen LogP contribution in [-0.4, -0.2) is 69.4 Å². The molecule has 2 fully saturated rings. The van der Waals surface area contributed by atoms with Crippen molar-refractivity contribution < 1.29 is 8.42 Å². The summed E-state index contributed by atoms with van der Waals surface area (Å²) < 4.78 is 26.6. The Hall–Kier alpha value is -1.77. The number of fused-ring (bicyclic) bond motifs is 1. The zero-order chi connectivity index (χ0) is 17.4. The lowest BCUT2D eigenvalue weighted by Crippen LogP contribution is -2.58. The Morgan fingerprint density at radius 3 is 2.36 bits per heavy atom. The second-order valence-electron chi connectivity index (χ2n) is 6.93. The summed E-state index contributed by atoms with van der Waals surface area (Å²) in [6.45, 7) is 3.08. The highest BCUT2D eigenvalue weighted by Gasteiger charge is 2.46. The zero-order valence-corrected chi connectivity index (χ0v) is 15.1. The van der Waals surface area contributed by atoms with Crippen molar-refractivity contribution in [2.75, 3.05) is 24.6 Å².